The van der Waals surface area contributed by atoms with Crippen molar-refractivity contribution in [1.29, 1.82) is 0 Å². The standard InChI is InChI=1S/C20H22N4O2S/c1-13-4-3-5-14(10-13)19(25)23-18(8-9-27-2)20(26)22-16-6-7-17-15(11-16)12-21-24-17/h3-7,10-12,18H,8-9H2,1-2H3,(H,21,24)(H,22,26)(H,23,25)/t18-/m0/s1. The molecule has 0 aliphatic rings. The number of amides is 2. The van der Waals surface area contributed by atoms with Crippen LogP contribution >= 0.6 is 11.8 Å². The van der Waals surface area contributed by atoms with E-state index in [-0.39, 0.29) is 11.8 Å². The summed E-state index contributed by atoms with van der Waals surface area (Å²) in [5.41, 5.74) is 3.13. The number of fused-ring (bicyclic) bond motifs is 1. The van der Waals surface area contributed by atoms with Gasteiger partial charge in [-0.3, -0.25) is 14.7 Å². The summed E-state index contributed by atoms with van der Waals surface area (Å²) >= 11 is 1.64. The molecule has 0 aliphatic heterocycles. The van der Waals surface area contributed by atoms with Crippen LogP contribution in [-0.2, 0) is 4.79 Å². The van der Waals surface area contributed by atoms with E-state index in [0.717, 1.165) is 22.2 Å². The van der Waals surface area contributed by atoms with E-state index in [4.69, 9.17) is 0 Å². The van der Waals surface area contributed by atoms with Gasteiger partial charge in [-0.25, -0.2) is 0 Å². The molecule has 0 radical (unpaired) electrons. The molecule has 3 rings (SSSR count). The molecule has 3 N–H and O–H groups in total. The van der Waals surface area contributed by atoms with Gasteiger partial charge in [0.15, 0.2) is 0 Å². The molecule has 2 amide bonds. The second kappa shape index (κ2) is 8.73. The molecule has 2 aromatic carbocycles. The number of benzene rings is 2. The maximum atomic E-state index is 12.8. The number of aromatic amines is 1. The van der Waals surface area contributed by atoms with Crippen LogP contribution in [0.4, 0.5) is 5.69 Å². The van der Waals surface area contributed by atoms with E-state index in [1.807, 2.05) is 49.6 Å². The molecule has 7 heteroatoms. The van der Waals surface area contributed by atoms with Gasteiger partial charge >= 0.3 is 0 Å². The Balaban J connectivity index is 1.72. The maximum absolute atomic E-state index is 12.8. The van der Waals surface area contributed by atoms with Gasteiger partial charge in [0.1, 0.15) is 6.04 Å². The van der Waals surface area contributed by atoms with Gasteiger partial charge < -0.3 is 10.6 Å². The molecule has 0 fully saturated rings. The van der Waals surface area contributed by atoms with Crippen molar-refractivity contribution in [3.63, 3.8) is 0 Å². The SMILES string of the molecule is CSCC[C@H](NC(=O)c1cccc(C)c1)C(=O)Nc1ccc2[nH]ncc2c1. The summed E-state index contributed by atoms with van der Waals surface area (Å²) in [5, 5.41) is 13.5. The van der Waals surface area contributed by atoms with Crippen LogP contribution in [0.15, 0.2) is 48.7 Å². The summed E-state index contributed by atoms with van der Waals surface area (Å²) in [6, 6.07) is 12.2. The summed E-state index contributed by atoms with van der Waals surface area (Å²) in [4.78, 5) is 25.3. The maximum Gasteiger partial charge on any atom is 0.251 e. The fourth-order valence-corrected chi connectivity index (χ4v) is 3.25. The molecule has 0 bridgehead atoms. The van der Waals surface area contributed by atoms with Crippen molar-refractivity contribution in [2.75, 3.05) is 17.3 Å². The van der Waals surface area contributed by atoms with E-state index < -0.39 is 6.04 Å². The van der Waals surface area contributed by atoms with Crippen LogP contribution in [0.25, 0.3) is 10.9 Å². The average molecular weight is 382 g/mol. The number of nitrogens with zero attached hydrogens (tertiary/aromatic N) is 1. The first-order valence-corrected chi connectivity index (χ1v) is 10.1. The Hall–Kier alpha value is -2.80. The monoisotopic (exact) mass is 382 g/mol. The molecule has 140 valence electrons. The Kier molecular flexibility index (Phi) is 6.13. The summed E-state index contributed by atoms with van der Waals surface area (Å²) in [6.07, 6.45) is 4.23. The van der Waals surface area contributed by atoms with Gasteiger partial charge in [0.2, 0.25) is 5.91 Å². The van der Waals surface area contributed by atoms with Crippen LogP contribution in [-0.4, -0.2) is 40.1 Å². The Morgan fingerprint density at radius 3 is 2.85 bits per heavy atom. The van der Waals surface area contributed by atoms with E-state index in [1.165, 1.54) is 0 Å². The summed E-state index contributed by atoms with van der Waals surface area (Å²) < 4.78 is 0. The lowest BCUT2D eigenvalue weighted by molar-refractivity contribution is -0.118. The smallest absolute Gasteiger partial charge is 0.251 e. The highest BCUT2D eigenvalue weighted by Crippen LogP contribution is 2.17. The van der Waals surface area contributed by atoms with Crippen LogP contribution in [0, 0.1) is 6.92 Å². The highest BCUT2D eigenvalue weighted by Gasteiger charge is 2.21. The van der Waals surface area contributed by atoms with Gasteiger partial charge in [-0.2, -0.15) is 16.9 Å². The quantitative estimate of drug-likeness (QED) is 0.585. The minimum absolute atomic E-state index is 0.229. The molecule has 0 unspecified atom stereocenters. The summed E-state index contributed by atoms with van der Waals surface area (Å²) in [5.74, 6) is 0.297. The molecule has 0 spiro atoms. The molecule has 1 heterocycles. The molecule has 0 aliphatic carbocycles. The lowest BCUT2D eigenvalue weighted by Gasteiger charge is -2.18. The van der Waals surface area contributed by atoms with E-state index in [9.17, 15) is 9.59 Å². The number of hydrogen-bond donors (Lipinski definition) is 3. The molecule has 0 saturated carbocycles. The van der Waals surface area contributed by atoms with E-state index in [1.54, 1.807) is 24.0 Å². The van der Waals surface area contributed by atoms with Crippen molar-refractivity contribution in [3.05, 3.63) is 59.8 Å². The Morgan fingerprint density at radius 1 is 1.22 bits per heavy atom. The zero-order chi connectivity index (χ0) is 19.2. The highest BCUT2D eigenvalue weighted by atomic mass is 32.2. The van der Waals surface area contributed by atoms with E-state index >= 15 is 0 Å². The topological polar surface area (TPSA) is 86.9 Å². The lowest BCUT2D eigenvalue weighted by Crippen LogP contribution is -2.44. The van der Waals surface area contributed by atoms with Gasteiger partial charge in [0.25, 0.3) is 5.91 Å². The van der Waals surface area contributed by atoms with Crippen LogP contribution < -0.4 is 10.6 Å². The predicted molar refractivity (Wildman–Crippen MR) is 110 cm³/mol. The highest BCUT2D eigenvalue weighted by molar-refractivity contribution is 7.98. The largest absolute Gasteiger partial charge is 0.340 e. The number of H-pyrrole nitrogens is 1. The second-order valence-corrected chi connectivity index (χ2v) is 7.32. The Morgan fingerprint density at radius 2 is 2.07 bits per heavy atom. The van der Waals surface area contributed by atoms with Crippen LogP contribution in [0.5, 0.6) is 0 Å². The third-order valence-electron chi connectivity index (χ3n) is 4.22. The molecule has 0 saturated heterocycles. The van der Waals surface area contributed by atoms with Gasteiger partial charge in [-0.05, 0) is 55.7 Å². The van der Waals surface area contributed by atoms with Gasteiger partial charge in [-0.1, -0.05) is 17.7 Å². The number of hydrogen-bond acceptors (Lipinski definition) is 4. The zero-order valence-electron chi connectivity index (χ0n) is 15.3. The Labute approximate surface area is 162 Å². The normalized spacial score (nSPS) is 11.9. The molecular weight excluding hydrogens is 360 g/mol. The molecule has 1 atom stereocenters. The van der Waals surface area contributed by atoms with Crippen LogP contribution in [0.3, 0.4) is 0 Å². The number of aryl methyl sites for hydroxylation is 1. The van der Waals surface area contributed by atoms with Crippen molar-refractivity contribution in [1.82, 2.24) is 15.5 Å². The first-order chi connectivity index (χ1) is 13.1. The predicted octanol–water partition coefficient (Wildman–Crippen LogP) is 3.36. The number of anilines is 1. The Bertz CT molecular complexity index is 954. The molecule has 1 aromatic heterocycles. The van der Waals surface area contributed by atoms with E-state index in [2.05, 4.69) is 20.8 Å². The zero-order valence-corrected chi connectivity index (χ0v) is 16.1. The van der Waals surface area contributed by atoms with Crippen molar-refractivity contribution < 1.29 is 9.59 Å². The molecule has 3 aromatic rings. The third kappa shape index (κ3) is 4.89. The van der Waals surface area contributed by atoms with Crippen LogP contribution in [0.2, 0.25) is 0 Å². The van der Waals surface area contributed by atoms with Crippen molar-refractivity contribution in [2.24, 2.45) is 0 Å². The second-order valence-electron chi connectivity index (χ2n) is 6.34. The summed E-state index contributed by atoms with van der Waals surface area (Å²) in [7, 11) is 0. The fraction of sp³-hybridized carbons (Fsp3) is 0.250. The summed E-state index contributed by atoms with van der Waals surface area (Å²) in [6.45, 7) is 1.93. The average Bonchev–Trinajstić information content (AvgIpc) is 3.12. The van der Waals surface area contributed by atoms with Crippen LogP contribution in [0.1, 0.15) is 22.3 Å². The molecule has 27 heavy (non-hydrogen) atoms. The number of aromatic nitrogens is 2. The fourth-order valence-electron chi connectivity index (χ4n) is 2.78. The van der Waals surface area contributed by atoms with Gasteiger partial charge in [-0.15, -0.1) is 0 Å². The van der Waals surface area contributed by atoms with Crippen molar-refractivity contribution in [2.45, 2.75) is 19.4 Å². The minimum Gasteiger partial charge on any atom is -0.340 e. The lowest BCUT2D eigenvalue weighted by atomic mass is 10.1. The molecular formula is C20H22N4O2S. The number of carbonyl (C=O) groups is 2. The molecule has 6 nitrogen and oxygen atoms in total. The van der Waals surface area contributed by atoms with Crippen molar-refractivity contribution in [3.8, 4) is 0 Å². The van der Waals surface area contributed by atoms with E-state index in [0.29, 0.717) is 17.7 Å². The van der Waals surface area contributed by atoms with Crippen molar-refractivity contribution >= 4 is 40.2 Å². The number of rotatable bonds is 7. The van der Waals surface area contributed by atoms with Gasteiger partial charge in [0.05, 0.1) is 11.7 Å². The number of carbonyl (C=O) groups excluding carboxylic acids is 2. The number of thioether (sulfide) groups is 1. The minimum atomic E-state index is -0.606. The van der Waals surface area contributed by atoms with Gasteiger partial charge in [0, 0.05) is 16.6 Å². The number of nitrogens with one attached hydrogen (secondary N) is 3. The first-order valence-electron chi connectivity index (χ1n) is 8.67. The third-order valence-corrected chi connectivity index (χ3v) is 4.86. The first kappa shape index (κ1) is 19.0.